The van der Waals surface area contributed by atoms with Crippen LogP contribution in [0.25, 0.3) is 11.0 Å². The monoisotopic (exact) mass is 427 g/mol. The van der Waals surface area contributed by atoms with Gasteiger partial charge in [-0.05, 0) is 63.2 Å². The lowest BCUT2D eigenvalue weighted by Gasteiger charge is -2.28. The van der Waals surface area contributed by atoms with Crippen LogP contribution in [0, 0.1) is 0 Å². The van der Waals surface area contributed by atoms with Crippen molar-refractivity contribution >= 4 is 32.6 Å². The standard InChI is InChI=1S/C22H25N3O4S/c1-14-10-17-11-18(30(23,27)28)8-9-19(17)25(14)22(26)13-24(3)15(2)21-12-16-6-4-5-7-20(16)29-21/h4-9,11-12,14-15H,10,13H2,1-3H3,(H2,23,27,28). The molecule has 0 aliphatic carbocycles. The Morgan fingerprint density at radius 1 is 1.27 bits per heavy atom. The van der Waals surface area contributed by atoms with Gasteiger partial charge in [-0.1, -0.05) is 18.2 Å². The minimum absolute atomic E-state index is 0.0462. The van der Waals surface area contributed by atoms with E-state index in [2.05, 4.69) is 0 Å². The zero-order chi connectivity index (χ0) is 21.6. The van der Waals surface area contributed by atoms with Crippen molar-refractivity contribution in [2.24, 2.45) is 5.14 Å². The quantitative estimate of drug-likeness (QED) is 0.675. The first-order valence-electron chi connectivity index (χ1n) is 9.81. The van der Waals surface area contributed by atoms with E-state index >= 15 is 0 Å². The van der Waals surface area contributed by atoms with Crippen LogP contribution in [-0.4, -0.2) is 38.9 Å². The molecule has 158 valence electrons. The van der Waals surface area contributed by atoms with Gasteiger partial charge < -0.3 is 9.32 Å². The van der Waals surface area contributed by atoms with Crippen molar-refractivity contribution in [1.82, 2.24) is 4.90 Å². The van der Waals surface area contributed by atoms with E-state index in [9.17, 15) is 13.2 Å². The molecule has 2 heterocycles. The van der Waals surface area contributed by atoms with Gasteiger partial charge in [-0.3, -0.25) is 9.69 Å². The van der Waals surface area contributed by atoms with Gasteiger partial charge >= 0.3 is 0 Å². The predicted octanol–water partition coefficient (Wildman–Crippen LogP) is 3.05. The molecule has 1 aromatic heterocycles. The highest BCUT2D eigenvalue weighted by molar-refractivity contribution is 7.89. The van der Waals surface area contributed by atoms with E-state index < -0.39 is 10.0 Å². The van der Waals surface area contributed by atoms with E-state index in [1.165, 1.54) is 6.07 Å². The fraction of sp³-hybridized carbons (Fsp3) is 0.318. The number of benzene rings is 2. The molecule has 3 aromatic rings. The van der Waals surface area contributed by atoms with Crippen LogP contribution in [0.1, 0.15) is 31.2 Å². The number of nitrogens with zero attached hydrogens (tertiary/aromatic N) is 2. The van der Waals surface area contributed by atoms with Gasteiger partial charge in [0.25, 0.3) is 0 Å². The second-order valence-electron chi connectivity index (χ2n) is 7.93. The smallest absolute Gasteiger partial charge is 0.241 e. The summed E-state index contributed by atoms with van der Waals surface area (Å²) in [6.07, 6.45) is 0.591. The third-order valence-electron chi connectivity index (χ3n) is 5.77. The van der Waals surface area contributed by atoms with Crippen LogP contribution in [0.3, 0.4) is 0 Å². The molecule has 2 N–H and O–H groups in total. The maximum Gasteiger partial charge on any atom is 0.241 e. The van der Waals surface area contributed by atoms with E-state index in [0.717, 1.165) is 28.0 Å². The van der Waals surface area contributed by atoms with Gasteiger partial charge in [0, 0.05) is 17.1 Å². The van der Waals surface area contributed by atoms with Crippen molar-refractivity contribution < 1.29 is 17.6 Å². The molecular formula is C22H25N3O4S. The zero-order valence-electron chi connectivity index (χ0n) is 17.2. The minimum Gasteiger partial charge on any atom is -0.459 e. The van der Waals surface area contributed by atoms with E-state index in [4.69, 9.17) is 9.56 Å². The first-order chi connectivity index (χ1) is 14.1. The molecule has 1 aliphatic heterocycles. The minimum atomic E-state index is -3.77. The zero-order valence-corrected chi connectivity index (χ0v) is 18.0. The molecule has 0 spiro atoms. The van der Waals surface area contributed by atoms with Crippen molar-refractivity contribution in [2.75, 3.05) is 18.5 Å². The molecule has 0 fully saturated rings. The number of sulfonamides is 1. The Kier molecular flexibility index (Phi) is 5.17. The Bertz CT molecular complexity index is 1190. The van der Waals surface area contributed by atoms with Crippen LogP contribution >= 0.6 is 0 Å². The number of nitrogens with two attached hydrogens (primary N) is 1. The second-order valence-corrected chi connectivity index (χ2v) is 9.49. The fourth-order valence-electron chi connectivity index (χ4n) is 4.02. The van der Waals surface area contributed by atoms with Gasteiger partial charge in [0.2, 0.25) is 15.9 Å². The van der Waals surface area contributed by atoms with Gasteiger partial charge in [0.05, 0.1) is 17.5 Å². The number of carbonyl (C=O) groups is 1. The molecule has 0 saturated carbocycles. The molecule has 2 atom stereocenters. The number of hydrogen-bond donors (Lipinski definition) is 1. The SMILES string of the molecule is CC(c1cc2ccccc2o1)N(C)CC(=O)N1c2ccc(S(N)(=O)=O)cc2CC1C. The number of rotatable bonds is 5. The maximum atomic E-state index is 13.1. The summed E-state index contributed by atoms with van der Waals surface area (Å²) in [5.74, 6) is 0.759. The third-order valence-corrected chi connectivity index (χ3v) is 6.68. The van der Waals surface area contributed by atoms with E-state index in [-0.39, 0.29) is 29.4 Å². The Morgan fingerprint density at radius 2 is 2.00 bits per heavy atom. The highest BCUT2D eigenvalue weighted by Crippen LogP contribution is 2.34. The summed E-state index contributed by atoms with van der Waals surface area (Å²) in [6, 6.07) is 14.4. The van der Waals surface area contributed by atoms with Crippen LogP contribution in [0.2, 0.25) is 0 Å². The second kappa shape index (κ2) is 7.54. The van der Waals surface area contributed by atoms with Crippen molar-refractivity contribution in [3.63, 3.8) is 0 Å². The first-order valence-corrected chi connectivity index (χ1v) is 11.4. The number of furan rings is 1. The molecule has 2 unspecified atom stereocenters. The number of anilines is 1. The number of carbonyl (C=O) groups excluding carboxylic acids is 1. The van der Waals surface area contributed by atoms with E-state index in [0.29, 0.717) is 6.42 Å². The summed E-state index contributed by atoms with van der Waals surface area (Å²) in [6.45, 7) is 4.17. The van der Waals surface area contributed by atoms with Crippen LogP contribution < -0.4 is 10.0 Å². The van der Waals surface area contributed by atoms with Crippen molar-refractivity contribution in [2.45, 2.75) is 37.2 Å². The van der Waals surface area contributed by atoms with Crippen LogP contribution in [0.4, 0.5) is 5.69 Å². The average Bonchev–Trinajstić information content (AvgIpc) is 3.25. The Balaban J connectivity index is 1.52. The van der Waals surface area contributed by atoms with E-state index in [1.54, 1.807) is 17.0 Å². The lowest BCUT2D eigenvalue weighted by molar-refractivity contribution is -0.120. The van der Waals surface area contributed by atoms with Gasteiger partial charge in [-0.2, -0.15) is 0 Å². The molecule has 1 amide bonds. The van der Waals surface area contributed by atoms with E-state index in [1.807, 2.05) is 56.1 Å². The molecule has 2 aromatic carbocycles. The molecule has 0 radical (unpaired) electrons. The lowest BCUT2D eigenvalue weighted by Crippen LogP contribution is -2.42. The Labute approximate surface area is 176 Å². The Morgan fingerprint density at radius 3 is 2.70 bits per heavy atom. The summed E-state index contributed by atoms with van der Waals surface area (Å²) in [5.41, 5.74) is 2.38. The number of primary sulfonamides is 1. The molecule has 0 bridgehead atoms. The highest BCUT2D eigenvalue weighted by Gasteiger charge is 2.33. The molecule has 0 saturated heterocycles. The topological polar surface area (TPSA) is 96.8 Å². The fourth-order valence-corrected chi connectivity index (χ4v) is 4.58. The van der Waals surface area contributed by atoms with Gasteiger partial charge in [0.1, 0.15) is 11.3 Å². The highest BCUT2D eigenvalue weighted by atomic mass is 32.2. The number of para-hydroxylation sites is 1. The lowest BCUT2D eigenvalue weighted by atomic mass is 10.1. The normalized spacial score (nSPS) is 17.5. The third kappa shape index (κ3) is 3.74. The summed E-state index contributed by atoms with van der Waals surface area (Å²) in [4.78, 5) is 16.9. The number of fused-ring (bicyclic) bond motifs is 2. The summed E-state index contributed by atoms with van der Waals surface area (Å²) in [7, 11) is -1.88. The van der Waals surface area contributed by atoms with Gasteiger partial charge in [-0.25, -0.2) is 13.6 Å². The number of likely N-dealkylation sites (N-methyl/N-ethyl adjacent to an activating group) is 1. The largest absolute Gasteiger partial charge is 0.459 e. The van der Waals surface area contributed by atoms with Gasteiger partial charge in [-0.15, -0.1) is 0 Å². The summed E-state index contributed by atoms with van der Waals surface area (Å²) < 4.78 is 29.2. The van der Waals surface area contributed by atoms with Gasteiger partial charge in [0.15, 0.2) is 0 Å². The molecule has 8 heteroatoms. The molecule has 30 heavy (non-hydrogen) atoms. The Hall–Kier alpha value is -2.68. The van der Waals surface area contributed by atoms with Crippen molar-refractivity contribution in [1.29, 1.82) is 0 Å². The maximum absolute atomic E-state index is 13.1. The van der Waals surface area contributed by atoms with Crippen LogP contribution in [-0.2, 0) is 21.2 Å². The summed E-state index contributed by atoms with van der Waals surface area (Å²) in [5, 5.41) is 6.27. The molecule has 7 nitrogen and oxygen atoms in total. The number of hydrogen-bond acceptors (Lipinski definition) is 5. The van der Waals surface area contributed by atoms with Crippen LogP contribution in [0.15, 0.2) is 57.8 Å². The first kappa shape index (κ1) is 20.6. The van der Waals surface area contributed by atoms with Crippen LogP contribution in [0.5, 0.6) is 0 Å². The average molecular weight is 428 g/mol. The van der Waals surface area contributed by atoms with Crippen molar-refractivity contribution in [3.8, 4) is 0 Å². The molecule has 1 aliphatic rings. The summed E-state index contributed by atoms with van der Waals surface area (Å²) >= 11 is 0. The number of amides is 1. The van der Waals surface area contributed by atoms with Crippen molar-refractivity contribution in [3.05, 3.63) is 59.9 Å². The molecule has 4 rings (SSSR count). The predicted molar refractivity (Wildman–Crippen MR) is 116 cm³/mol. The molecular weight excluding hydrogens is 402 g/mol.